The Hall–Kier alpha value is -12.1. The molecule has 0 atom stereocenters. The van der Waals surface area contributed by atoms with E-state index in [0.29, 0.717) is 0 Å². The number of rotatable bonds is 8. The summed E-state index contributed by atoms with van der Waals surface area (Å²) in [5.41, 5.74) is 15.0. The van der Waals surface area contributed by atoms with E-state index >= 15 is 0 Å². The van der Waals surface area contributed by atoms with E-state index in [0.717, 1.165) is 45.3 Å². The fraction of sp³-hybridized carbons (Fsp3) is 0.0357. The normalized spacial score (nSPS) is 11.1. The van der Waals surface area contributed by atoms with Gasteiger partial charge in [-0.2, -0.15) is 0 Å². The molecule has 0 fully saturated rings. The number of benzene rings is 16. The molecule has 0 bridgehead atoms. The van der Waals surface area contributed by atoms with Crippen LogP contribution in [0.5, 0.6) is 0 Å². The summed E-state index contributed by atoms with van der Waals surface area (Å²) >= 11 is 3.48. The maximum absolute atomic E-state index is 5.61. The Labute approximate surface area is 751 Å². The molecule has 4 heterocycles. The number of hydrogen-bond donors (Lipinski definition) is 0. The summed E-state index contributed by atoms with van der Waals surface area (Å²) in [6, 6.07) is 138. The zero-order valence-corrected chi connectivity index (χ0v) is 76.1. The fourth-order valence-electron chi connectivity index (χ4n) is 17.3. The van der Waals surface area contributed by atoms with E-state index in [4.69, 9.17) is 17.7 Å². The molecule has 10 heteroatoms. The van der Waals surface area contributed by atoms with Gasteiger partial charge in [0, 0.05) is 0 Å². The van der Waals surface area contributed by atoms with Gasteiger partial charge in [-0.15, -0.1) is 116 Å². The molecule has 122 heavy (non-hydrogen) atoms. The van der Waals surface area contributed by atoms with E-state index in [1.54, 1.807) is 71.7 Å². The van der Waals surface area contributed by atoms with Crippen molar-refractivity contribution in [2.24, 2.45) is 0 Å². The predicted molar refractivity (Wildman–Crippen MR) is 506 cm³/mol. The van der Waals surface area contributed by atoms with Crippen LogP contribution >= 0.6 is 0 Å². The van der Waals surface area contributed by atoms with Gasteiger partial charge in [0.1, 0.15) is 0 Å². The molecule has 0 saturated heterocycles. The standard InChI is InChI=1S/4C27H17O.2C2H6Si.2ClH.2Zr/c4*1-2-8-21-18(6-1)13-14-25-22(21)10-4-11-23(25)24-9-3-7-19-16-20(17-26(19)24)27-12-5-15-28-27;2*1-3-2;;;;/h4*1-17H;2*1-2H3;2*1H;;/q4*-1;;;;;2*+2/p-2. The SMILES string of the molecule is C[Si](C)=[Zr+2].C[Si](C)=[Zr+2].[Cl-].[Cl-].c1coc(-c2cc3c(-c4cccc5c4ccc4ccccc45)cccc3[cH-]2)c1.c1coc(-c2cc3c(-c4cccc5c4ccc4ccccc45)cccc3[cH-]2)c1.c1coc(-c2cc3c(-c4cccc5c4ccc4ccccc45)cccc3[cH-]2)c1.c1coc(-c2cc3c(-c4cccc5c4ccc4ccccc45)cccc3[cH-]2)c1. The van der Waals surface area contributed by atoms with Crippen LogP contribution in [0.4, 0.5) is 0 Å². The van der Waals surface area contributed by atoms with E-state index in [2.05, 4.69) is 366 Å². The molecule has 0 spiro atoms. The smallest absolute Gasteiger partial charge is 0.0796 e. The summed E-state index contributed by atoms with van der Waals surface area (Å²) in [6.45, 7) is 9.23. The van der Waals surface area contributed by atoms with Gasteiger partial charge in [-0.1, -0.05) is 336 Å². The van der Waals surface area contributed by atoms with E-state index in [-0.39, 0.29) is 35.7 Å². The Balaban J connectivity index is 0.000000112. The zero-order chi connectivity index (χ0) is 81.2. The van der Waals surface area contributed by atoms with Crippen molar-refractivity contribution in [2.75, 3.05) is 0 Å². The van der Waals surface area contributed by atoms with Crippen LogP contribution in [0.1, 0.15) is 0 Å². The third-order valence-electron chi connectivity index (χ3n) is 22.5. The van der Waals surface area contributed by atoms with Gasteiger partial charge in [-0.3, -0.25) is 0 Å². The molecule has 24 rings (SSSR count). The molecule has 4 aromatic heterocycles. The van der Waals surface area contributed by atoms with Crippen molar-refractivity contribution in [3.8, 4) is 89.8 Å². The second-order valence-electron chi connectivity index (χ2n) is 30.9. The molecule has 0 aliphatic heterocycles. The van der Waals surface area contributed by atoms with Gasteiger partial charge in [-0.25, -0.2) is 0 Å². The van der Waals surface area contributed by atoms with Crippen molar-refractivity contribution < 1.29 is 89.2 Å². The van der Waals surface area contributed by atoms with Crippen LogP contribution in [0.25, 0.3) is 219 Å². The minimum atomic E-state index is 0. The molecule has 20 aromatic carbocycles. The largest absolute Gasteiger partial charge is 1.00 e. The van der Waals surface area contributed by atoms with Gasteiger partial charge >= 0.3 is 83.7 Å². The van der Waals surface area contributed by atoms with Crippen molar-refractivity contribution in [3.63, 3.8) is 0 Å². The molecule has 24 aromatic rings. The van der Waals surface area contributed by atoms with Gasteiger partial charge in [-0.05, 0) is 133 Å². The van der Waals surface area contributed by atoms with Crippen molar-refractivity contribution in [2.45, 2.75) is 26.2 Å². The van der Waals surface area contributed by atoms with Crippen molar-refractivity contribution in [3.05, 3.63) is 413 Å². The average molecular weight is 1800 g/mol. The third-order valence-corrected chi connectivity index (χ3v) is 22.5. The van der Waals surface area contributed by atoms with Gasteiger partial charge < -0.3 is 42.5 Å². The van der Waals surface area contributed by atoms with Crippen molar-refractivity contribution >= 4 is 140 Å². The fourth-order valence-corrected chi connectivity index (χ4v) is 17.3. The Kier molecular flexibility index (Phi) is 24.8. The molecule has 0 radical (unpaired) electrons. The first kappa shape index (κ1) is 82.3. The Morgan fingerprint density at radius 1 is 0.189 bits per heavy atom. The second-order valence-corrected chi connectivity index (χ2v) is 49.6. The van der Waals surface area contributed by atoms with E-state index in [1.807, 2.05) is 48.5 Å². The van der Waals surface area contributed by atoms with Crippen LogP contribution in [0, 0.1) is 0 Å². The van der Waals surface area contributed by atoms with Gasteiger partial charge in [0.15, 0.2) is 0 Å². The molecule has 0 aliphatic carbocycles. The van der Waals surface area contributed by atoms with Crippen LogP contribution in [0.2, 0.25) is 26.2 Å². The minimum Gasteiger partial charge on any atom is -1.00 e. The number of hydrogen-bond acceptors (Lipinski definition) is 4. The average Bonchev–Trinajstić information content (AvgIpc) is 1.09. The Morgan fingerprint density at radius 2 is 0.377 bits per heavy atom. The topological polar surface area (TPSA) is 52.6 Å². The number of fused-ring (bicyclic) bond motifs is 16. The van der Waals surface area contributed by atoms with E-state index in [9.17, 15) is 0 Å². The molecule has 0 N–H and O–H groups in total. The van der Waals surface area contributed by atoms with Crippen molar-refractivity contribution in [1.29, 1.82) is 0 Å². The summed E-state index contributed by atoms with van der Waals surface area (Å²) in [5.74, 6) is 3.63. The maximum atomic E-state index is 5.61. The maximum Gasteiger partial charge on any atom is 0.0796 e. The summed E-state index contributed by atoms with van der Waals surface area (Å²) in [7, 11) is 0. The predicted octanol–water partition coefficient (Wildman–Crippen LogP) is 26.7. The second kappa shape index (κ2) is 36.7. The zero-order valence-electron chi connectivity index (χ0n) is 67.6. The third kappa shape index (κ3) is 16.7. The molecule has 0 unspecified atom stereocenters. The van der Waals surface area contributed by atoms with E-state index in [1.165, 1.54) is 174 Å². The number of furan rings is 4. The molecule has 0 amide bonds. The van der Waals surface area contributed by atoms with Crippen LogP contribution in [-0.2, 0) is 46.7 Å². The first-order valence-electron chi connectivity index (χ1n) is 40.6. The number of halogens is 2. The van der Waals surface area contributed by atoms with Crippen LogP contribution < -0.4 is 24.8 Å². The van der Waals surface area contributed by atoms with Gasteiger partial charge in [0.2, 0.25) is 0 Å². The van der Waals surface area contributed by atoms with Gasteiger partial charge in [0.05, 0.1) is 48.1 Å². The quantitative estimate of drug-likeness (QED) is 0.0864. The Bertz CT molecular complexity index is 6970. The van der Waals surface area contributed by atoms with Crippen LogP contribution in [0.3, 0.4) is 0 Å². The minimum absolute atomic E-state index is 0. The first-order chi connectivity index (χ1) is 59.0. The summed E-state index contributed by atoms with van der Waals surface area (Å²) in [5, 5.41) is 30.6. The molecule has 584 valence electrons. The summed E-state index contributed by atoms with van der Waals surface area (Å²) < 4.78 is 22.5. The molecule has 0 saturated carbocycles. The Morgan fingerprint density at radius 3 is 0.582 bits per heavy atom. The molecular formula is C112H80Cl2O4Si2Zr2-2. The van der Waals surface area contributed by atoms with Crippen LogP contribution in [0.15, 0.2) is 431 Å². The summed E-state index contributed by atoms with van der Waals surface area (Å²) in [4.78, 5) is 0. The first-order valence-corrected chi connectivity index (χ1v) is 53.0. The van der Waals surface area contributed by atoms with Crippen LogP contribution in [-0.4, -0.2) is 10.9 Å². The van der Waals surface area contributed by atoms with E-state index < -0.39 is 0 Å². The van der Waals surface area contributed by atoms with Crippen molar-refractivity contribution in [1.82, 2.24) is 0 Å². The monoisotopic (exact) mass is 1790 g/mol. The molecule has 0 aliphatic rings. The molecular weight excluding hydrogens is 1720 g/mol. The van der Waals surface area contributed by atoms with Gasteiger partial charge in [0.25, 0.3) is 0 Å². The molecule has 4 nitrogen and oxygen atoms in total. The summed E-state index contributed by atoms with van der Waals surface area (Å²) in [6.07, 6.45) is 6.90.